The molecule has 0 saturated carbocycles. The van der Waals surface area contributed by atoms with Crippen LogP contribution in [0, 0.1) is 0 Å². The summed E-state index contributed by atoms with van der Waals surface area (Å²) < 4.78 is 0. The van der Waals surface area contributed by atoms with Crippen molar-refractivity contribution in [2.45, 2.75) is 25.3 Å². The van der Waals surface area contributed by atoms with Gasteiger partial charge in [0.2, 0.25) is 5.91 Å². The molecule has 1 saturated heterocycles. The average molecular weight is 298 g/mol. The highest BCUT2D eigenvalue weighted by molar-refractivity contribution is 5.97. The second kappa shape index (κ2) is 6.43. The van der Waals surface area contributed by atoms with Gasteiger partial charge >= 0.3 is 0 Å². The normalized spacial score (nSPS) is 18.4. The van der Waals surface area contributed by atoms with Gasteiger partial charge in [0.1, 0.15) is 6.04 Å². The van der Waals surface area contributed by atoms with Crippen LogP contribution in [0.1, 0.15) is 29.6 Å². The minimum atomic E-state index is -0.442. The number of carbonyl (C=O) groups is 2. The smallest absolute Gasteiger partial charge is 0.251 e. The first-order valence-electron chi connectivity index (χ1n) is 7.42. The van der Waals surface area contributed by atoms with Gasteiger partial charge in [0, 0.05) is 18.3 Å². The molecule has 2 aromatic rings. The molecule has 0 aliphatic carbocycles. The maximum absolute atomic E-state index is 12.3. The lowest BCUT2D eigenvalue weighted by molar-refractivity contribution is -0.122. The van der Waals surface area contributed by atoms with E-state index in [0.717, 1.165) is 24.1 Å². The van der Waals surface area contributed by atoms with Crippen LogP contribution in [0.2, 0.25) is 0 Å². The van der Waals surface area contributed by atoms with Crippen LogP contribution < -0.4 is 10.6 Å². The third kappa shape index (κ3) is 3.16. The molecule has 1 aromatic heterocycles. The first kappa shape index (κ1) is 14.3. The van der Waals surface area contributed by atoms with E-state index in [0.29, 0.717) is 18.5 Å². The monoisotopic (exact) mass is 298 g/mol. The van der Waals surface area contributed by atoms with E-state index in [1.807, 2.05) is 18.2 Å². The number of nitrogens with one attached hydrogen (secondary N) is 3. The average Bonchev–Trinajstić information content (AvgIpc) is 3.00. The van der Waals surface area contributed by atoms with Crippen LogP contribution in [0.25, 0.3) is 11.3 Å². The van der Waals surface area contributed by atoms with Crippen LogP contribution >= 0.6 is 0 Å². The number of hydrogen-bond donors (Lipinski definition) is 3. The van der Waals surface area contributed by atoms with Crippen LogP contribution in [0.4, 0.5) is 0 Å². The Labute approximate surface area is 128 Å². The predicted molar refractivity (Wildman–Crippen MR) is 82.1 cm³/mol. The predicted octanol–water partition coefficient (Wildman–Crippen LogP) is 1.48. The molecule has 0 radical (unpaired) electrons. The fourth-order valence-corrected chi connectivity index (χ4v) is 2.54. The molecule has 2 amide bonds. The molecule has 22 heavy (non-hydrogen) atoms. The SMILES string of the molecule is O=C(N[C@H]1CCCCNC1=O)c1ccc(-c2ccn[nH]2)cc1. The van der Waals surface area contributed by atoms with Crippen molar-refractivity contribution < 1.29 is 9.59 Å². The number of hydrogen-bond acceptors (Lipinski definition) is 3. The Bertz CT molecular complexity index is 649. The van der Waals surface area contributed by atoms with Crippen molar-refractivity contribution in [1.29, 1.82) is 0 Å². The second-order valence-corrected chi connectivity index (χ2v) is 5.36. The van der Waals surface area contributed by atoms with Crippen LogP contribution in [-0.4, -0.2) is 34.6 Å². The van der Waals surface area contributed by atoms with Crippen molar-refractivity contribution >= 4 is 11.8 Å². The molecule has 1 atom stereocenters. The minimum absolute atomic E-state index is 0.0973. The Hall–Kier alpha value is -2.63. The molecule has 1 aliphatic rings. The fraction of sp³-hybridized carbons (Fsp3) is 0.312. The summed E-state index contributed by atoms with van der Waals surface area (Å²) in [7, 11) is 0. The van der Waals surface area contributed by atoms with Gasteiger partial charge in [0.25, 0.3) is 5.91 Å². The summed E-state index contributed by atoms with van der Waals surface area (Å²) in [5, 5.41) is 12.4. The summed E-state index contributed by atoms with van der Waals surface area (Å²) in [6, 6.07) is 8.64. The Morgan fingerprint density at radius 2 is 2.00 bits per heavy atom. The van der Waals surface area contributed by atoms with E-state index in [2.05, 4.69) is 20.8 Å². The fourth-order valence-electron chi connectivity index (χ4n) is 2.54. The van der Waals surface area contributed by atoms with Gasteiger partial charge in [-0.05, 0) is 43.0 Å². The Morgan fingerprint density at radius 1 is 1.18 bits per heavy atom. The number of amides is 2. The Morgan fingerprint density at radius 3 is 2.73 bits per heavy atom. The highest BCUT2D eigenvalue weighted by Gasteiger charge is 2.22. The summed E-state index contributed by atoms with van der Waals surface area (Å²) in [4.78, 5) is 24.1. The molecule has 2 heterocycles. The highest BCUT2D eigenvalue weighted by atomic mass is 16.2. The van der Waals surface area contributed by atoms with E-state index in [9.17, 15) is 9.59 Å². The third-order valence-corrected chi connectivity index (χ3v) is 3.80. The van der Waals surface area contributed by atoms with Crippen molar-refractivity contribution in [3.63, 3.8) is 0 Å². The van der Waals surface area contributed by atoms with Crippen LogP contribution in [0.15, 0.2) is 36.5 Å². The summed E-state index contributed by atoms with van der Waals surface area (Å²) in [6.45, 7) is 0.685. The molecule has 3 rings (SSSR count). The Balaban J connectivity index is 1.68. The zero-order chi connectivity index (χ0) is 15.4. The van der Waals surface area contributed by atoms with Crippen LogP contribution in [-0.2, 0) is 4.79 Å². The summed E-state index contributed by atoms with van der Waals surface area (Å²) in [5.41, 5.74) is 2.40. The molecule has 6 nitrogen and oxygen atoms in total. The molecule has 114 valence electrons. The number of nitrogens with zero attached hydrogens (tertiary/aromatic N) is 1. The molecular weight excluding hydrogens is 280 g/mol. The molecule has 0 bridgehead atoms. The molecule has 1 aromatic carbocycles. The van der Waals surface area contributed by atoms with Gasteiger partial charge in [-0.3, -0.25) is 14.7 Å². The number of rotatable bonds is 3. The lowest BCUT2D eigenvalue weighted by Gasteiger charge is -2.15. The lowest BCUT2D eigenvalue weighted by atomic mass is 10.1. The Kier molecular flexibility index (Phi) is 4.18. The summed E-state index contributed by atoms with van der Waals surface area (Å²) in [5.74, 6) is -0.321. The zero-order valence-electron chi connectivity index (χ0n) is 12.1. The zero-order valence-corrected chi connectivity index (χ0v) is 12.1. The van der Waals surface area contributed by atoms with E-state index >= 15 is 0 Å². The molecule has 6 heteroatoms. The molecular formula is C16H18N4O2. The van der Waals surface area contributed by atoms with Gasteiger partial charge in [-0.1, -0.05) is 12.1 Å². The lowest BCUT2D eigenvalue weighted by Crippen LogP contribution is -2.45. The number of carbonyl (C=O) groups excluding carboxylic acids is 2. The van der Waals surface area contributed by atoms with Crippen LogP contribution in [0.5, 0.6) is 0 Å². The highest BCUT2D eigenvalue weighted by Crippen LogP contribution is 2.17. The molecule has 1 fully saturated rings. The van der Waals surface area contributed by atoms with Gasteiger partial charge < -0.3 is 10.6 Å². The van der Waals surface area contributed by atoms with Crippen molar-refractivity contribution in [3.05, 3.63) is 42.1 Å². The summed E-state index contributed by atoms with van der Waals surface area (Å²) >= 11 is 0. The second-order valence-electron chi connectivity index (χ2n) is 5.36. The van der Waals surface area contributed by atoms with Gasteiger partial charge in [-0.2, -0.15) is 5.10 Å². The van der Waals surface area contributed by atoms with Crippen molar-refractivity contribution in [3.8, 4) is 11.3 Å². The quantitative estimate of drug-likeness (QED) is 0.802. The van der Waals surface area contributed by atoms with E-state index in [1.54, 1.807) is 18.3 Å². The van der Waals surface area contributed by atoms with Gasteiger partial charge in [-0.15, -0.1) is 0 Å². The first-order valence-corrected chi connectivity index (χ1v) is 7.42. The number of H-pyrrole nitrogens is 1. The van der Waals surface area contributed by atoms with E-state index in [1.165, 1.54) is 0 Å². The molecule has 0 spiro atoms. The van der Waals surface area contributed by atoms with Crippen LogP contribution in [0.3, 0.4) is 0 Å². The van der Waals surface area contributed by atoms with Crippen molar-refractivity contribution in [1.82, 2.24) is 20.8 Å². The number of aromatic amines is 1. The maximum atomic E-state index is 12.3. The molecule has 1 aliphatic heterocycles. The topological polar surface area (TPSA) is 86.9 Å². The van der Waals surface area contributed by atoms with Gasteiger partial charge in [0.15, 0.2) is 0 Å². The summed E-state index contributed by atoms with van der Waals surface area (Å²) in [6.07, 6.45) is 4.25. The van der Waals surface area contributed by atoms with Crippen molar-refractivity contribution in [2.24, 2.45) is 0 Å². The molecule has 0 unspecified atom stereocenters. The van der Waals surface area contributed by atoms with E-state index in [-0.39, 0.29) is 11.8 Å². The minimum Gasteiger partial charge on any atom is -0.354 e. The standard InChI is InChI=1S/C16H18N4O2/c21-15(19-14-3-1-2-9-17-16(14)22)12-6-4-11(5-7-12)13-8-10-18-20-13/h4-8,10,14H,1-3,9H2,(H,17,22)(H,18,20)(H,19,21)/t14-/m0/s1. The first-order chi connectivity index (χ1) is 10.7. The molecule has 3 N–H and O–H groups in total. The largest absolute Gasteiger partial charge is 0.354 e. The number of benzene rings is 1. The van der Waals surface area contributed by atoms with E-state index in [4.69, 9.17) is 0 Å². The maximum Gasteiger partial charge on any atom is 0.251 e. The van der Waals surface area contributed by atoms with Gasteiger partial charge in [-0.25, -0.2) is 0 Å². The third-order valence-electron chi connectivity index (χ3n) is 3.80. The number of aromatic nitrogens is 2. The van der Waals surface area contributed by atoms with Gasteiger partial charge in [0.05, 0.1) is 5.69 Å². The van der Waals surface area contributed by atoms with Crippen molar-refractivity contribution in [2.75, 3.05) is 6.54 Å². The van der Waals surface area contributed by atoms with E-state index < -0.39 is 6.04 Å².